The molecule has 5 heteroatoms. The molecule has 1 unspecified atom stereocenters. The first-order chi connectivity index (χ1) is 8.91. The highest BCUT2D eigenvalue weighted by Crippen LogP contribution is 2.46. The number of ether oxygens (including phenoxy) is 1. The van der Waals surface area contributed by atoms with Crippen LogP contribution in [-0.2, 0) is 14.3 Å². The molecule has 0 saturated heterocycles. The monoisotopic (exact) mass is 271 g/mol. The predicted molar refractivity (Wildman–Crippen MR) is 71.8 cm³/mol. The lowest BCUT2D eigenvalue weighted by Crippen LogP contribution is -2.39. The maximum absolute atomic E-state index is 12.1. The molecule has 0 aliphatic heterocycles. The molecule has 0 heterocycles. The molecule has 1 fully saturated rings. The van der Waals surface area contributed by atoms with Crippen LogP contribution < -0.4 is 5.32 Å². The zero-order chi connectivity index (χ0) is 14.5. The maximum atomic E-state index is 12.1. The summed E-state index contributed by atoms with van der Waals surface area (Å²) in [6.45, 7) is 7.11. The quantitative estimate of drug-likeness (QED) is 0.669. The molecule has 1 aliphatic rings. The molecule has 0 spiro atoms. The number of carbonyl (C=O) groups is 2. The fraction of sp³-hybridized carbons (Fsp3) is 0.857. The van der Waals surface area contributed by atoms with Crippen LogP contribution in [0.2, 0.25) is 0 Å². The van der Waals surface area contributed by atoms with E-state index in [0.717, 1.165) is 12.8 Å². The van der Waals surface area contributed by atoms with Crippen molar-refractivity contribution in [2.75, 3.05) is 19.8 Å². The van der Waals surface area contributed by atoms with Crippen molar-refractivity contribution < 1.29 is 19.4 Å². The molecule has 5 nitrogen and oxygen atoms in total. The standard InChI is InChI=1S/C14H25NO4/c1-4-19-9-14(5-6-14)13(18)15-8-11(12(16)17)7-10(2)3/h10-11H,4-9H2,1-3H3,(H,15,18)(H,16,17). The fourth-order valence-corrected chi connectivity index (χ4v) is 2.13. The molecule has 19 heavy (non-hydrogen) atoms. The molecular weight excluding hydrogens is 246 g/mol. The van der Waals surface area contributed by atoms with E-state index in [0.29, 0.717) is 25.6 Å². The molecule has 2 N–H and O–H groups in total. The van der Waals surface area contributed by atoms with Crippen LogP contribution in [0.15, 0.2) is 0 Å². The predicted octanol–water partition coefficient (Wildman–Crippen LogP) is 1.67. The van der Waals surface area contributed by atoms with Crippen molar-refractivity contribution in [1.29, 1.82) is 0 Å². The van der Waals surface area contributed by atoms with Crippen LogP contribution in [0.4, 0.5) is 0 Å². The molecule has 1 rings (SSSR count). The smallest absolute Gasteiger partial charge is 0.308 e. The number of hydrogen-bond acceptors (Lipinski definition) is 3. The highest BCUT2D eigenvalue weighted by Gasteiger charge is 2.50. The van der Waals surface area contributed by atoms with E-state index in [4.69, 9.17) is 9.84 Å². The lowest BCUT2D eigenvalue weighted by Gasteiger charge is -2.19. The summed E-state index contributed by atoms with van der Waals surface area (Å²) in [7, 11) is 0. The molecule has 0 bridgehead atoms. The van der Waals surface area contributed by atoms with Crippen molar-refractivity contribution in [2.45, 2.75) is 40.0 Å². The van der Waals surface area contributed by atoms with Gasteiger partial charge in [0.1, 0.15) is 0 Å². The summed E-state index contributed by atoms with van der Waals surface area (Å²) in [6, 6.07) is 0. The van der Waals surface area contributed by atoms with Gasteiger partial charge in [-0.25, -0.2) is 0 Å². The Kier molecular flexibility index (Phi) is 5.79. The van der Waals surface area contributed by atoms with E-state index in [1.165, 1.54) is 0 Å². The van der Waals surface area contributed by atoms with Crippen LogP contribution in [0.1, 0.15) is 40.0 Å². The molecule has 0 aromatic heterocycles. The molecular formula is C14H25NO4. The first-order valence-corrected chi connectivity index (χ1v) is 7.00. The number of hydrogen-bond donors (Lipinski definition) is 2. The van der Waals surface area contributed by atoms with Gasteiger partial charge in [0.05, 0.1) is 17.9 Å². The Hall–Kier alpha value is -1.10. The Labute approximate surface area is 114 Å². The van der Waals surface area contributed by atoms with Gasteiger partial charge in [-0.05, 0) is 32.1 Å². The molecule has 110 valence electrons. The van der Waals surface area contributed by atoms with Gasteiger partial charge in [0.15, 0.2) is 0 Å². The third kappa shape index (κ3) is 4.82. The Balaban J connectivity index is 2.41. The number of aliphatic carboxylic acids is 1. The second-order valence-electron chi connectivity index (χ2n) is 5.79. The highest BCUT2D eigenvalue weighted by atomic mass is 16.5. The minimum absolute atomic E-state index is 0.0593. The molecule has 1 amide bonds. The Morgan fingerprint density at radius 2 is 2.00 bits per heavy atom. The SMILES string of the molecule is CCOCC1(C(=O)NCC(CC(C)C)C(=O)O)CC1. The number of carbonyl (C=O) groups excluding carboxylic acids is 1. The molecule has 0 aromatic rings. The van der Waals surface area contributed by atoms with E-state index in [2.05, 4.69) is 5.32 Å². The summed E-state index contributed by atoms with van der Waals surface area (Å²) in [4.78, 5) is 23.2. The van der Waals surface area contributed by atoms with Gasteiger partial charge in [0, 0.05) is 13.2 Å². The zero-order valence-electron chi connectivity index (χ0n) is 12.1. The van der Waals surface area contributed by atoms with Crippen LogP contribution >= 0.6 is 0 Å². The van der Waals surface area contributed by atoms with Gasteiger partial charge < -0.3 is 15.2 Å². The van der Waals surface area contributed by atoms with Gasteiger partial charge in [0.2, 0.25) is 5.91 Å². The molecule has 1 atom stereocenters. The van der Waals surface area contributed by atoms with Gasteiger partial charge >= 0.3 is 5.97 Å². The van der Waals surface area contributed by atoms with E-state index in [9.17, 15) is 9.59 Å². The third-order valence-electron chi connectivity index (χ3n) is 3.53. The van der Waals surface area contributed by atoms with E-state index in [-0.39, 0.29) is 12.5 Å². The first-order valence-electron chi connectivity index (χ1n) is 7.00. The minimum Gasteiger partial charge on any atom is -0.481 e. The van der Waals surface area contributed by atoms with Crippen LogP contribution in [0.25, 0.3) is 0 Å². The maximum Gasteiger partial charge on any atom is 0.308 e. The highest BCUT2D eigenvalue weighted by molar-refractivity contribution is 5.85. The number of carboxylic acid groups (broad SMARTS) is 1. The van der Waals surface area contributed by atoms with E-state index in [1.54, 1.807) is 0 Å². The Bertz CT molecular complexity index is 323. The van der Waals surface area contributed by atoms with Crippen molar-refractivity contribution >= 4 is 11.9 Å². The van der Waals surface area contributed by atoms with Gasteiger partial charge in [0.25, 0.3) is 0 Å². The average molecular weight is 271 g/mol. The van der Waals surface area contributed by atoms with Crippen molar-refractivity contribution in [1.82, 2.24) is 5.32 Å². The summed E-state index contributed by atoms with van der Waals surface area (Å²) >= 11 is 0. The molecule has 0 aromatic carbocycles. The van der Waals surface area contributed by atoms with E-state index < -0.39 is 17.3 Å². The number of rotatable bonds is 9. The minimum atomic E-state index is -0.844. The largest absolute Gasteiger partial charge is 0.481 e. The lowest BCUT2D eigenvalue weighted by molar-refractivity contribution is -0.142. The first kappa shape index (κ1) is 16.0. The third-order valence-corrected chi connectivity index (χ3v) is 3.53. The van der Waals surface area contributed by atoms with Crippen LogP contribution in [-0.4, -0.2) is 36.7 Å². The number of amides is 1. The number of nitrogens with one attached hydrogen (secondary N) is 1. The normalized spacial score (nSPS) is 18.1. The van der Waals surface area contributed by atoms with Crippen molar-refractivity contribution in [2.24, 2.45) is 17.3 Å². The van der Waals surface area contributed by atoms with E-state index >= 15 is 0 Å². The summed E-state index contributed by atoms with van der Waals surface area (Å²) in [5.41, 5.74) is -0.392. The van der Waals surface area contributed by atoms with E-state index in [1.807, 2.05) is 20.8 Å². The topological polar surface area (TPSA) is 75.6 Å². The van der Waals surface area contributed by atoms with Crippen LogP contribution in [0.5, 0.6) is 0 Å². The van der Waals surface area contributed by atoms with Crippen molar-refractivity contribution in [3.63, 3.8) is 0 Å². The zero-order valence-corrected chi connectivity index (χ0v) is 12.1. The lowest BCUT2D eigenvalue weighted by atomic mass is 9.97. The molecule has 1 saturated carbocycles. The van der Waals surface area contributed by atoms with Gasteiger partial charge in [-0.1, -0.05) is 13.8 Å². The average Bonchev–Trinajstić information content (AvgIpc) is 3.12. The van der Waals surface area contributed by atoms with Gasteiger partial charge in [-0.3, -0.25) is 9.59 Å². The van der Waals surface area contributed by atoms with Crippen molar-refractivity contribution in [3.05, 3.63) is 0 Å². The van der Waals surface area contributed by atoms with Crippen LogP contribution in [0.3, 0.4) is 0 Å². The summed E-state index contributed by atoms with van der Waals surface area (Å²) < 4.78 is 5.32. The van der Waals surface area contributed by atoms with Crippen molar-refractivity contribution in [3.8, 4) is 0 Å². The molecule has 1 aliphatic carbocycles. The summed E-state index contributed by atoms with van der Waals surface area (Å²) in [6.07, 6.45) is 2.25. The second kappa shape index (κ2) is 6.89. The van der Waals surface area contributed by atoms with Gasteiger partial charge in [-0.2, -0.15) is 0 Å². The summed E-state index contributed by atoms with van der Waals surface area (Å²) in [5.74, 6) is -1.11. The fourth-order valence-electron chi connectivity index (χ4n) is 2.13. The molecule has 0 radical (unpaired) electrons. The Morgan fingerprint density at radius 3 is 2.42 bits per heavy atom. The Morgan fingerprint density at radius 1 is 1.37 bits per heavy atom. The number of carboxylic acids is 1. The van der Waals surface area contributed by atoms with Crippen LogP contribution in [0, 0.1) is 17.3 Å². The summed E-state index contributed by atoms with van der Waals surface area (Å²) in [5, 5.41) is 11.9. The second-order valence-corrected chi connectivity index (χ2v) is 5.79. The van der Waals surface area contributed by atoms with Gasteiger partial charge in [-0.15, -0.1) is 0 Å².